The summed E-state index contributed by atoms with van der Waals surface area (Å²) < 4.78 is 25.8. The molecule has 0 saturated carbocycles. The van der Waals surface area contributed by atoms with Crippen LogP contribution < -0.4 is 5.32 Å². The Morgan fingerprint density at radius 1 is 1.06 bits per heavy atom. The first-order valence-electron chi connectivity index (χ1n) is 4.96. The molecule has 0 atom stereocenters. The van der Waals surface area contributed by atoms with Crippen molar-refractivity contribution in [3.05, 3.63) is 48.2 Å². The summed E-state index contributed by atoms with van der Waals surface area (Å²) in [6.45, 7) is 0. The van der Waals surface area contributed by atoms with Gasteiger partial charge in [-0.1, -0.05) is 11.8 Å². The van der Waals surface area contributed by atoms with E-state index in [2.05, 4.69) is 10.3 Å². The highest BCUT2D eigenvalue weighted by Crippen LogP contribution is 2.29. The van der Waals surface area contributed by atoms with Crippen LogP contribution in [-0.4, -0.2) is 12.0 Å². The van der Waals surface area contributed by atoms with Gasteiger partial charge in [-0.2, -0.15) is 0 Å². The number of nitrogens with one attached hydrogen (secondary N) is 1. The van der Waals surface area contributed by atoms with E-state index in [1.165, 1.54) is 17.8 Å². The molecule has 0 spiro atoms. The minimum Gasteiger partial charge on any atom is -0.373 e. The van der Waals surface area contributed by atoms with Gasteiger partial charge < -0.3 is 5.32 Å². The summed E-state index contributed by atoms with van der Waals surface area (Å²) in [5.74, 6) is -0.935. The molecule has 0 saturated heterocycles. The largest absolute Gasteiger partial charge is 0.373 e. The van der Waals surface area contributed by atoms with Crippen molar-refractivity contribution >= 4 is 17.6 Å². The lowest BCUT2D eigenvalue weighted by atomic mass is 10.3. The second kappa shape index (κ2) is 5.14. The van der Waals surface area contributed by atoms with Gasteiger partial charge in [0.05, 0.1) is 0 Å². The molecule has 1 aromatic heterocycles. The summed E-state index contributed by atoms with van der Waals surface area (Å²) >= 11 is 1.35. The van der Waals surface area contributed by atoms with Gasteiger partial charge in [0.15, 0.2) is 11.6 Å². The zero-order valence-electron chi connectivity index (χ0n) is 9.08. The molecule has 0 radical (unpaired) electrons. The van der Waals surface area contributed by atoms with Crippen LogP contribution in [0.4, 0.5) is 14.6 Å². The molecule has 5 heteroatoms. The molecule has 88 valence electrons. The number of pyridine rings is 1. The van der Waals surface area contributed by atoms with Crippen molar-refractivity contribution in [2.75, 3.05) is 12.4 Å². The van der Waals surface area contributed by atoms with E-state index in [-0.39, 0.29) is 0 Å². The van der Waals surface area contributed by atoms with E-state index in [0.717, 1.165) is 16.8 Å². The Labute approximate surface area is 102 Å². The van der Waals surface area contributed by atoms with Crippen molar-refractivity contribution in [2.24, 2.45) is 0 Å². The first-order valence-corrected chi connectivity index (χ1v) is 5.77. The van der Waals surface area contributed by atoms with Gasteiger partial charge >= 0.3 is 0 Å². The second-order valence-electron chi connectivity index (χ2n) is 3.30. The van der Waals surface area contributed by atoms with Crippen LogP contribution in [0.25, 0.3) is 0 Å². The molecule has 0 amide bonds. The maximum Gasteiger partial charge on any atom is 0.159 e. The molecule has 0 aliphatic carbocycles. The van der Waals surface area contributed by atoms with E-state index < -0.39 is 11.6 Å². The molecule has 2 aromatic rings. The maximum absolute atomic E-state index is 13.0. The fourth-order valence-corrected chi connectivity index (χ4v) is 2.16. The predicted octanol–water partition coefficient (Wildman–Crippen LogP) is 3.55. The highest BCUT2D eigenvalue weighted by atomic mass is 32.2. The van der Waals surface area contributed by atoms with E-state index in [0.29, 0.717) is 4.90 Å². The number of benzene rings is 1. The molecule has 17 heavy (non-hydrogen) atoms. The van der Waals surface area contributed by atoms with Gasteiger partial charge in [0.2, 0.25) is 0 Å². The van der Waals surface area contributed by atoms with Gasteiger partial charge in [0.25, 0.3) is 0 Å². The zero-order chi connectivity index (χ0) is 12.3. The van der Waals surface area contributed by atoms with Gasteiger partial charge in [0, 0.05) is 23.0 Å². The number of hydrogen-bond acceptors (Lipinski definition) is 3. The van der Waals surface area contributed by atoms with Crippen molar-refractivity contribution in [2.45, 2.75) is 9.79 Å². The third-order valence-corrected chi connectivity index (χ3v) is 3.09. The molecule has 2 rings (SSSR count). The number of nitrogens with zero attached hydrogens (tertiary/aromatic N) is 1. The molecule has 0 bridgehead atoms. The standard InChI is InChI=1S/C12H10F2N2S/c1-15-12-7-9(4-5-16-12)17-8-2-3-10(13)11(14)6-8/h2-7H,1H3,(H,15,16). The minimum atomic E-state index is -0.835. The van der Waals surface area contributed by atoms with E-state index in [1.807, 2.05) is 12.1 Å². The third kappa shape index (κ3) is 2.94. The SMILES string of the molecule is CNc1cc(Sc2ccc(F)c(F)c2)ccn1. The summed E-state index contributed by atoms with van der Waals surface area (Å²) in [4.78, 5) is 5.64. The summed E-state index contributed by atoms with van der Waals surface area (Å²) in [5.41, 5.74) is 0. The minimum absolute atomic E-state index is 0.650. The summed E-state index contributed by atoms with van der Waals surface area (Å²) in [5, 5.41) is 2.92. The van der Waals surface area contributed by atoms with Crippen LogP contribution in [0.3, 0.4) is 0 Å². The highest BCUT2D eigenvalue weighted by Gasteiger charge is 2.04. The summed E-state index contributed by atoms with van der Waals surface area (Å²) in [6, 6.07) is 7.50. The number of aromatic nitrogens is 1. The first kappa shape index (κ1) is 11.9. The Balaban J connectivity index is 2.22. The van der Waals surface area contributed by atoms with Gasteiger partial charge in [-0.05, 0) is 30.3 Å². The lowest BCUT2D eigenvalue weighted by Crippen LogP contribution is -1.91. The lowest BCUT2D eigenvalue weighted by Gasteiger charge is -2.04. The van der Waals surface area contributed by atoms with E-state index in [1.54, 1.807) is 19.3 Å². The summed E-state index contributed by atoms with van der Waals surface area (Å²) in [6.07, 6.45) is 1.66. The van der Waals surface area contributed by atoms with Crippen LogP contribution in [0.1, 0.15) is 0 Å². The van der Waals surface area contributed by atoms with Crippen LogP contribution in [0.2, 0.25) is 0 Å². The number of rotatable bonds is 3. The van der Waals surface area contributed by atoms with E-state index in [9.17, 15) is 8.78 Å². The van der Waals surface area contributed by atoms with Crippen LogP contribution in [0.15, 0.2) is 46.3 Å². The Kier molecular flexibility index (Phi) is 3.58. The molecule has 1 aromatic carbocycles. The van der Waals surface area contributed by atoms with Crippen molar-refractivity contribution in [1.29, 1.82) is 0 Å². The monoisotopic (exact) mass is 252 g/mol. The van der Waals surface area contributed by atoms with Crippen LogP contribution in [0.5, 0.6) is 0 Å². The van der Waals surface area contributed by atoms with E-state index in [4.69, 9.17) is 0 Å². The number of halogens is 2. The molecule has 1 heterocycles. The van der Waals surface area contributed by atoms with E-state index >= 15 is 0 Å². The second-order valence-corrected chi connectivity index (χ2v) is 4.45. The van der Waals surface area contributed by atoms with Gasteiger partial charge in [0.1, 0.15) is 5.82 Å². The third-order valence-electron chi connectivity index (χ3n) is 2.11. The Hall–Kier alpha value is -1.62. The maximum atomic E-state index is 13.0. The van der Waals surface area contributed by atoms with Crippen molar-refractivity contribution in [3.8, 4) is 0 Å². The zero-order valence-corrected chi connectivity index (χ0v) is 9.89. The molecular formula is C12H10F2N2S. The van der Waals surface area contributed by atoms with Gasteiger partial charge in [-0.3, -0.25) is 0 Å². The molecule has 0 aliphatic heterocycles. The highest BCUT2D eigenvalue weighted by molar-refractivity contribution is 7.99. The van der Waals surface area contributed by atoms with Gasteiger partial charge in [-0.15, -0.1) is 0 Å². The van der Waals surface area contributed by atoms with Crippen molar-refractivity contribution in [1.82, 2.24) is 4.98 Å². The topological polar surface area (TPSA) is 24.9 Å². The molecule has 1 N–H and O–H groups in total. The fourth-order valence-electron chi connectivity index (χ4n) is 1.29. The van der Waals surface area contributed by atoms with Crippen LogP contribution in [0, 0.1) is 11.6 Å². The van der Waals surface area contributed by atoms with Crippen molar-refractivity contribution in [3.63, 3.8) is 0 Å². The Bertz CT molecular complexity index is 532. The van der Waals surface area contributed by atoms with Crippen molar-refractivity contribution < 1.29 is 8.78 Å². The average Bonchev–Trinajstić information content (AvgIpc) is 2.34. The predicted molar refractivity (Wildman–Crippen MR) is 64.3 cm³/mol. The molecule has 0 fully saturated rings. The average molecular weight is 252 g/mol. The molecule has 2 nitrogen and oxygen atoms in total. The Morgan fingerprint density at radius 3 is 2.53 bits per heavy atom. The molecule has 0 unspecified atom stereocenters. The first-order chi connectivity index (χ1) is 8.19. The number of hydrogen-bond donors (Lipinski definition) is 1. The van der Waals surface area contributed by atoms with Gasteiger partial charge in [-0.25, -0.2) is 13.8 Å². The fraction of sp³-hybridized carbons (Fsp3) is 0.0833. The summed E-state index contributed by atoms with van der Waals surface area (Å²) in [7, 11) is 1.77. The van der Waals surface area contributed by atoms with Crippen LogP contribution in [-0.2, 0) is 0 Å². The molecule has 0 aliphatic rings. The smallest absolute Gasteiger partial charge is 0.159 e. The lowest BCUT2D eigenvalue weighted by molar-refractivity contribution is 0.506. The normalized spacial score (nSPS) is 10.3. The quantitative estimate of drug-likeness (QED) is 0.904. The van der Waals surface area contributed by atoms with Crippen LogP contribution >= 0.6 is 11.8 Å². The Morgan fingerprint density at radius 2 is 1.82 bits per heavy atom. The molecular weight excluding hydrogens is 242 g/mol. The number of anilines is 1.